The zero-order valence-electron chi connectivity index (χ0n) is 10.7. The SMILES string of the molecule is CC1CCC(N)N(C(=O)OCc2ccccc2)C1. The topological polar surface area (TPSA) is 55.6 Å². The van der Waals surface area contributed by atoms with Gasteiger partial charge in [0.05, 0.1) is 6.17 Å². The molecular weight excluding hydrogens is 228 g/mol. The fourth-order valence-corrected chi connectivity index (χ4v) is 2.19. The fourth-order valence-electron chi connectivity index (χ4n) is 2.19. The van der Waals surface area contributed by atoms with Gasteiger partial charge in [-0.05, 0) is 24.3 Å². The zero-order chi connectivity index (χ0) is 13.0. The van der Waals surface area contributed by atoms with E-state index in [2.05, 4.69) is 6.92 Å². The molecule has 2 N–H and O–H groups in total. The number of carbonyl (C=O) groups excluding carboxylic acids is 1. The highest BCUT2D eigenvalue weighted by Gasteiger charge is 2.28. The second-order valence-electron chi connectivity index (χ2n) is 4.94. The van der Waals surface area contributed by atoms with Gasteiger partial charge in [0.15, 0.2) is 0 Å². The van der Waals surface area contributed by atoms with Crippen molar-refractivity contribution < 1.29 is 9.53 Å². The molecule has 1 fully saturated rings. The van der Waals surface area contributed by atoms with Crippen LogP contribution in [0.3, 0.4) is 0 Å². The lowest BCUT2D eigenvalue weighted by atomic mass is 9.99. The predicted molar refractivity (Wildman–Crippen MR) is 69.7 cm³/mol. The summed E-state index contributed by atoms with van der Waals surface area (Å²) in [5.41, 5.74) is 6.93. The van der Waals surface area contributed by atoms with Crippen LogP contribution in [0.25, 0.3) is 0 Å². The molecule has 2 atom stereocenters. The number of amides is 1. The number of rotatable bonds is 2. The molecule has 0 saturated carbocycles. The molecule has 2 rings (SSSR count). The first-order chi connectivity index (χ1) is 8.66. The lowest BCUT2D eigenvalue weighted by Gasteiger charge is -2.35. The van der Waals surface area contributed by atoms with E-state index in [1.165, 1.54) is 0 Å². The van der Waals surface area contributed by atoms with Gasteiger partial charge in [-0.1, -0.05) is 37.3 Å². The van der Waals surface area contributed by atoms with Crippen LogP contribution < -0.4 is 5.73 Å². The molecule has 1 aliphatic heterocycles. The van der Waals surface area contributed by atoms with Crippen molar-refractivity contribution in [1.29, 1.82) is 0 Å². The maximum atomic E-state index is 12.0. The first-order valence-corrected chi connectivity index (χ1v) is 6.39. The van der Waals surface area contributed by atoms with Gasteiger partial charge >= 0.3 is 6.09 Å². The monoisotopic (exact) mass is 248 g/mol. The van der Waals surface area contributed by atoms with E-state index in [1.807, 2.05) is 30.3 Å². The lowest BCUT2D eigenvalue weighted by Crippen LogP contribution is -2.51. The molecule has 1 aromatic rings. The summed E-state index contributed by atoms with van der Waals surface area (Å²) in [6.07, 6.45) is 1.41. The molecule has 1 amide bonds. The van der Waals surface area contributed by atoms with E-state index in [9.17, 15) is 4.79 Å². The Labute approximate surface area is 108 Å². The van der Waals surface area contributed by atoms with Crippen LogP contribution in [-0.2, 0) is 11.3 Å². The van der Waals surface area contributed by atoms with Gasteiger partial charge in [-0.2, -0.15) is 0 Å². The van der Waals surface area contributed by atoms with E-state index in [1.54, 1.807) is 4.90 Å². The second-order valence-corrected chi connectivity index (χ2v) is 4.94. The summed E-state index contributed by atoms with van der Waals surface area (Å²) in [7, 11) is 0. The van der Waals surface area contributed by atoms with Crippen LogP contribution in [0.1, 0.15) is 25.3 Å². The van der Waals surface area contributed by atoms with Gasteiger partial charge in [0.25, 0.3) is 0 Å². The van der Waals surface area contributed by atoms with Crippen LogP contribution in [0.2, 0.25) is 0 Å². The third kappa shape index (κ3) is 3.23. The predicted octanol–water partition coefficient (Wildman–Crippen LogP) is 2.34. The summed E-state index contributed by atoms with van der Waals surface area (Å²) in [4.78, 5) is 13.6. The minimum absolute atomic E-state index is 0.204. The van der Waals surface area contributed by atoms with Crippen molar-refractivity contribution in [3.63, 3.8) is 0 Å². The highest BCUT2D eigenvalue weighted by Crippen LogP contribution is 2.19. The molecule has 98 valence electrons. The Morgan fingerprint density at radius 2 is 2.11 bits per heavy atom. The number of benzene rings is 1. The largest absolute Gasteiger partial charge is 0.445 e. The van der Waals surface area contributed by atoms with E-state index in [0.717, 1.165) is 18.4 Å². The molecule has 0 aromatic heterocycles. The van der Waals surface area contributed by atoms with Gasteiger partial charge in [-0.25, -0.2) is 4.79 Å². The number of nitrogens with two attached hydrogens (primary N) is 1. The van der Waals surface area contributed by atoms with Crippen LogP contribution in [0.5, 0.6) is 0 Å². The highest BCUT2D eigenvalue weighted by molar-refractivity contribution is 5.68. The molecule has 1 heterocycles. The van der Waals surface area contributed by atoms with E-state index < -0.39 is 0 Å². The Bertz CT molecular complexity index is 394. The smallest absolute Gasteiger partial charge is 0.411 e. The number of hydrogen-bond donors (Lipinski definition) is 1. The Balaban J connectivity index is 1.87. The van der Waals surface area contributed by atoms with E-state index >= 15 is 0 Å². The first kappa shape index (κ1) is 12.9. The zero-order valence-corrected chi connectivity index (χ0v) is 10.7. The molecule has 0 aliphatic carbocycles. The number of likely N-dealkylation sites (tertiary alicyclic amines) is 1. The minimum Gasteiger partial charge on any atom is -0.445 e. The Morgan fingerprint density at radius 1 is 1.39 bits per heavy atom. The number of ether oxygens (including phenoxy) is 1. The number of carbonyl (C=O) groups is 1. The highest BCUT2D eigenvalue weighted by atomic mass is 16.6. The Hall–Kier alpha value is -1.55. The maximum absolute atomic E-state index is 12.0. The van der Waals surface area contributed by atoms with E-state index in [4.69, 9.17) is 10.5 Å². The van der Waals surface area contributed by atoms with Crippen LogP contribution in [0, 0.1) is 5.92 Å². The molecule has 4 nitrogen and oxygen atoms in total. The summed E-state index contributed by atoms with van der Waals surface area (Å²) >= 11 is 0. The molecule has 4 heteroatoms. The Morgan fingerprint density at radius 3 is 2.83 bits per heavy atom. The van der Waals surface area contributed by atoms with Crippen LogP contribution in [0.15, 0.2) is 30.3 Å². The van der Waals surface area contributed by atoms with E-state index in [0.29, 0.717) is 19.1 Å². The molecular formula is C14H20N2O2. The van der Waals surface area contributed by atoms with Crippen molar-refractivity contribution in [3.8, 4) is 0 Å². The summed E-state index contributed by atoms with van der Waals surface area (Å²) < 4.78 is 5.29. The minimum atomic E-state index is -0.307. The van der Waals surface area contributed by atoms with Gasteiger partial charge in [-0.3, -0.25) is 4.90 Å². The number of nitrogens with zero attached hydrogens (tertiary/aromatic N) is 1. The molecule has 1 saturated heterocycles. The van der Waals surface area contributed by atoms with Gasteiger partial charge < -0.3 is 10.5 Å². The second kappa shape index (κ2) is 5.87. The molecule has 1 aromatic carbocycles. The van der Waals surface area contributed by atoms with Crippen LogP contribution in [0.4, 0.5) is 4.79 Å². The third-order valence-corrected chi connectivity index (χ3v) is 3.30. The van der Waals surface area contributed by atoms with Crippen LogP contribution >= 0.6 is 0 Å². The van der Waals surface area contributed by atoms with Crippen molar-refractivity contribution in [2.24, 2.45) is 11.7 Å². The van der Waals surface area contributed by atoms with Crippen molar-refractivity contribution in [2.45, 2.75) is 32.5 Å². The first-order valence-electron chi connectivity index (χ1n) is 6.39. The van der Waals surface area contributed by atoms with Gasteiger partial charge in [0.1, 0.15) is 6.61 Å². The average molecular weight is 248 g/mol. The average Bonchev–Trinajstić information content (AvgIpc) is 2.40. The van der Waals surface area contributed by atoms with Gasteiger partial charge in [0.2, 0.25) is 0 Å². The summed E-state index contributed by atoms with van der Waals surface area (Å²) in [6, 6.07) is 9.67. The quantitative estimate of drug-likeness (QED) is 0.874. The molecule has 0 bridgehead atoms. The van der Waals surface area contributed by atoms with Crippen molar-refractivity contribution in [2.75, 3.05) is 6.54 Å². The maximum Gasteiger partial charge on any atom is 0.411 e. The molecule has 0 radical (unpaired) electrons. The third-order valence-electron chi connectivity index (χ3n) is 3.30. The normalized spacial score (nSPS) is 23.8. The van der Waals surface area contributed by atoms with Crippen molar-refractivity contribution >= 4 is 6.09 Å². The lowest BCUT2D eigenvalue weighted by molar-refractivity contribution is 0.0584. The van der Waals surface area contributed by atoms with Crippen LogP contribution in [-0.4, -0.2) is 23.7 Å². The van der Waals surface area contributed by atoms with E-state index in [-0.39, 0.29) is 12.3 Å². The molecule has 1 aliphatic rings. The molecule has 18 heavy (non-hydrogen) atoms. The number of piperidine rings is 1. The fraction of sp³-hybridized carbons (Fsp3) is 0.500. The Kier molecular flexibility index (Phi) is 4.20. The summed E-state index contributed by atoms with van der Waals surface area (Å²) in [5.74, 6) is 0.495. The van der Waals surface area contributed by atoms with Crippen molar-refractivity contribution in [3.05, 3.63) is 35.9 Å². The molecule has 0 spiro atoms. The summed E-state index contributed by atoms with van der Waals surface area (Å²) in [6.45, 7) is 3.12. The summed E-state index contributed by atoms with van der Waals surface area (Å²) in [5, 5.41) is 0. The van der Waals surface area contributed by atoms with Crippen molar-refractivity contribution in [1.82, 2.24) is 4.90 Å². The standard InChI is InChI=1S/C14H20N2O2/c1-11-7-8-13(15)16(9-11)14(17)18-10-12-5-3-2-4-6-12/h2-6,11,13H,7-10,15H2,1H3. The van der Waals surface area contributed by atoms with Gasteiger partial charge in [-0.15, -0.1) is 0 Å². The molecule has 2 unspecified atom stereocenters. The van der Waals surface area contributed by atoms with Gasteiger partial charge in [0, 0.05) is 6.54 Å². The number of hydrogen-bond acceptors (Lipinski definition) is 3.